The Kier molecular flexibility index (Phi) is 4.74. The summed E-state index contributed by atoms with van der Waals surface area (Å²) in [5.74, 6) is 5.77. The van der Waals surface area contributed by atoms with Crippen LogP contribution in [0.15, 0.2) is 34.9 Å². The molecule has 0 aliphatic heterocycles. The van der Waals surface area contributed by atoms with E-state index in [0.29, 0.717) is 0 Å². The lowest BCUT2D eigenvalue weighted by Gasteiger charge is -2.20. The average molecular weight is 323 g/mol. The maximum Gasteiger partial charge on any atom is 0.0881 e. The number of hydrogen-bond acceptors (Lipinski definition) is 3. The van der Waals surface area contributed by atoms with Crippen LogP contribution in [0.1, 0.15) is 36.2 Å². The van der Waals surface area contributed by atoms with Gasteiger partial charge in [0.15, 0.2) is 0 Å². The van der Waals surface area contributed by atoms with E-state index >= 15 is 0 Å². The Bertz CT molecular complexity index is 550. The highest BCUT2D eigenvalue weighted by molar-refractivity contribution is 9.10. The molecule has 19 heavy (non-hydrogen) atoms. The molecule has 4 nitrogen and oxygen atoms in total. The third-order valence-corrected chi connectivity index (χ3v) is 3.69. The van der Waals surface area contributed by atoms with Gasteiger partial charge in [-0.2, -0.15) is 5.10 Å². The number of nitrogens with two attached hydrogens (primary N) is 1. The number of hydrogen-bond donors (Lipinski definition) is 2. The number of halogens is 1. The topological polar surface area (TPSA) is 55.9 Å². The van der Waals surface area contributed by atoms with Gasteiger partial charge in [0.05, 0.1) is 11.7 Å². The summed E-state index contributed by atoms with van der Waals surface area (Å²) in [6, 6.07) is 8.19. The van der Waals surface area contributed by atoms with Crippen molar-refractivity contribution in [3.63, 3.8) is 0 Å². The summed E-state index contributed by atoms with van der Waals surface area (Å²) >= 11 is 3.52. The van der Waals surface area contributed by atoms with E-state index < -0.39 is 0 Å². The van der Waals surface area contributed by atoms with Crippen LogP contribution in [0.25, 0.3) is 0 Å². The molecule has 0 radical (unpaired) electrons. The minimum Gasteiger partial charge on any atom is -0.271 e. The number of benzene rings is 1. The molecule has 2 aromatic rings. The molecule has 0 fully saturated rings. The molecule has 5 heteroatoms. The Labute approximate surface area is 122 Å². The molecular weight excluding hydrogens is 304 g/mol. The number of hydrazine groups is 1. The molecule has 0 aliphatic carbocycles. The molecule has 1 atom stereocenters. The quantitative estimate of drug-likeness (QED) is 0.657. The molecule has 2 rings (SSSR count). The lowest BCUT2D eigenvalue weighted by atomic mass is 9.99. The van der Waals surface area contributed by atoms with Crippen LogP contribution in [-0.4, -0.2) is 9.78 Å². The second-order valence-corrected chi connectivity index (χ2v) is 5.50. The first-order valence-electron chi connectivity index (χ1n) is 6.41. The molecule has 0 bridgehead atoms. The summed E-state index contributed by atoms with van der Waals surface area (Å²) in [5.41, 5.74) is 6.36. The summed E-state index contributed by atoms with van der Waals surface area (Å²) in [6.07, 6.45) is 2.87. The largest absolute Gasteiger partial charge is 0.271 e. The molecule has 102 valence electrons. The van der Waals surface area contributed by atoms with Crippen molar-refractivity contribution in [2.24, 2.45) is 5.84 Å². The zero-order valence-electron chi connectivity index (χ0n) is 11.2. The molecule has 0 saturated heterocycles. The van der Waals surface area contributed by atoms with Crippen LogP contribution < -0.4 is 11.3 Å². The summed E-state index contributed by atoms with van der Waals surface area (Å²) in [5, 5.41) is 4.36. The number of rotatable bonds is 5. The Morgan fingerprint density at radius 3 is 2.89 bits per heavy atom. The van der Waals surface area contributed by atoms with Crippen LogP contribution in [-0.2, 0) is 6.54 Å². The predicted octanol–water partition coefficient (Wildman–Crippen LogP) is 2.92. The van der Waals surface area contributed by atoms with Gasteiger partial charge < -0.3 is 0 Å². The van der Waals surface area contributed by atoms with Gasteiger partial charge in [-0.25, -0.2) is 5.43 Å². The highest BCUT2D eigenvalue weighted by atomic mass is 79.9. The van der Waals surface area contributed by atoms with E-state index in [1.807, 2.05) is 23.0 Å². The zero-order chi connectivity index (χ0) is 13.8. The lowest BCUT2D eigenvalue weighted by Crippen LogP contribution is -2.31. The van der Waals surface area contributed by atoms with E-state index in [0.717, 1.165) is 28.7 Å². The second-order valence-electron chi connectivity index (χ2n) is 4.58. The highest BCUT2D eigenvalue weighted by Crippen LogP contribution is 2.27. The zero-order valence-corrected chi connectivity index (χ0v) is 12.8. The van der Waals surface area contributed by atoms with Gasteiger partial charge in [0.1, 0.15) is 0 Å². The van der Waals surface area contributed by atoms with Crippen molar-refractivity contribution < 1.29 is 0 Å². The third-order valence-electron chi connectivity index (χ3n) is 3.20. The van der Waals surface area contributed by atoms with E-state index in [9.17, 15) is 0 Å². The number of nitrogens with one attached hydrogen (secondary N) is 1. The van der Waals surface area contributed by atoms with Gasteiger partial charge in [-0.3, -0.25) is 10.5 Å². The summed E-state index contributed by atoms with van der Waals surface area (Å²) in [4.78, 5) is 0. The normalized spacial score (nSPS) is 12.6. The minimum absolute atomic E-state index is 0.0495. The van der Waals surface area contributed by atoms with Crippen molar-refractivity contribution in [1.82, 2.24) is 15.2 Å². The summed E-state index contributed by atoms with van der Waals surface area (Å²) in [7, 11) is 0. The fourth-order valence-corrected chi connectivity index (χ4v) is 2.62. The van der Waals surface area contributed by atoms with Crippen LogP contribution in [0.4, 0.5) is 0 Å². The van der Waals surface area contributed by atoms with Crippen LogP contribution >= 0.6 is 15.9 Å². The molecule has 0 saturated carbocycles. The molecule has 0 spiro atoms. The van der Waals surface area contributed by atoms with Gasteiger partial charge in [-0.15, -0.1) is 0 Å². The van der Waals surface area contributed by atoms with E-state index in [2.05, 4.69) is 52.4 Å². The summed E-state index contributed by atoms with van der Waals surface area (Å²) in [6.45, 7) is 5.13. The van der Waals surface area contributed by atoms with E-state index in [1.165, 1.54) is 5.56 Å². The van der Waals surface area contributed by atoms with Crippen molar-refractivity contribution in [2.45, 2.75) is 32.9 Å². The number of aryl methyl sites for hydroxylation is 2. The molecule has 1 unspecified atom stereocenters. The van der Waals surface area contributed by atoms with Gasteiger partial charge >= 0.3 is 0 Å². The lowest BCUT2D eigenvalue weighted by molar-refractivity contribution is 0.520. The predicted molar refractivity (Wildman–Crippen MR) is 80.6 cm³/mol. The van der Waals surface area contributed by atoms with E-state index in [4.69, 9.17) is 5.84 Å². The first-order valence-corrected chi connectivity index (χ1v) is 7.20. The van der Waals surface area contributed by atoms with Gasteiger partial charge in [-0.05, 0) is 42.7 Å². The molecule has 0 amide bonds. The van der Waals surface area contributed by atoms with Crippen LogP contribution in [0.2, 0.25) is 0 Å². The summed E-state index contributed by atoms with van der Waals surface area (Å²) < 4.78 is 3.06. The van der Waals surface area contributed by atoms with E-state index in [1.54, 1.807) is 0 Å². The molecule has 0 aliphatic rings. The third kappa shape index (κ3) is 3.05. The fourth-order valence-electron chi connectivity index (χ4n) is 2.24. The Hall–Kier alpha value is -1.17. The average Bonchev–Trinajstić information content (AvgIpc) is 2.83. The van der Waals surface area contributed by atoms with Crippen LogP contribution in [0.3, 0.4) is 0 Å². The smallest absolute Gasteiger partial charge is 0.0881 e. The molecule has 1 aromatic heterocycles. The molecule has 3 N–H and O–H groups in total. The second kappa shape index (κ2) is 6.32. The van der Waals surface area contributed by atoms with Crippen molar-refractivity contribution in [1.29, 1.82) is 0 Å². The monoisotopic (exact) mass is 322 g/mol. The van der Waals surface area contributed by atoms with Gasteiger partial charge in [0, 0.05) is 17.2 Å². The van der Waals surface area contributed by atoms with Gasteiger partial charge in [-0.1, -0.05) is 28.9 Å². The maximum atomic E-state index is 5.77. The number of aromatic nitrogens is 2. The van der Waals surface area contributed by atoms with E-state index in [-0.39, 0.29) is 6.04 Å². The fraction of sp³-hybridized carbons (Fsp3) is 0.357. The molecule has 1 heterocycles. The van der Waals surface area contributed by atoms with Gasteiger partial charge in [0.2, 0.25) is 0 Å². The van der Waals surface area contributed by atoms with Crippen molar-refractivity contribution in [3.8, 4) is 0 Å². The highest BCUT2D eigenvalue weighted by Gasteiger charge is 2.18. The van der Waals surface area contributed by atoms with Crippen LogP contribution in [0.5, 0.6) is 0 Å². The van der Waals surface area contributed by atoms with Gasteiger partial charge in [0.25, 0.3) is 0 Å². The molecule has 1 aromatic carbocycles. The Balaban J connectivity index is 2.44. The molecular formula is C14H19BrN4. The van der Waals surface area contributed by atoms with Crippen molar-refractivity contribution >= 4 is 15.9 Å². The SMILES string of the molecule is CCCn1nccc1C(NN)c1cc(Br)ccc1C. The van der Waals surface area contributed by atoms with Crippen LogP contribution in [0, 0.1) is 6.92 Å². The van der Waals surface area contributed by atoms with Crippen molar-refractivity contribution in [2.75, 3.05) is 0 Å². The van der Waals surface area contributed by atoms with Crippen molar-refractivity contribution in [3.05, 3.63) is 51.8 Å². The standard InChI is InChI=1S/C14H19BrN4/c1-3-8-19-13(6-7-17-19)14(18-16)12-9-11(15)5-4-10(12)2/h4-7,9,14,18H,3,8,16H2,1-2H3. The first-order chi connectivity index (χ1) is 9.17. The Morgan fingerprint density at radius 1 is 1.42 bits per heavy atom. The number of nitrogens with zero attached hydrogens (tertiary/aromatic N) is 2. The maximum absolute atomic E-state index is 5.77. The minimum atomic E-state index is -0.0495. The first kappa shape index (κ1) is 14.2. The Morgan fingerprint density at radius 2 is 2.21 bits per heavy atom.